The first kappa shape index (κ1) is 15.7. The lowest BCUT2D eigenvalue weighted by Crippen LogP contribution is -2.52. The predicted octanol–water partition coefficient (Wildman–Crippen LogP) is 3.60. The Morgan fingerprint density at radius 1 is 1.28 bits per heavy atom. The molecule has 1 atom stereocenters. The van der Waals surface area contributed by atoms with E-state index in [1.54, 1.807) is 0 Å². The highest BCUT2D eigenvalue weighted by atomic mass is 35.5. The van der Waals surface area contributed by atoms with Crippen LogP contribution in [0.25, 0.3) is 0 Å². The van der Waals surface area contributed by atoms with Crippen LogP contribution in [0.2, 0.25) is 18.1 Å². The van der Waals surface area contributed by atoms with Crippen LogP contribution in [-0.2, 0) is 9.96 Å². The maximum atomic E-state index is 6.34. The Balaban J connectivity index is 3.27. The molecule has 1 aromatic rings. The Labute approximate surface area is 117 Å². The lowest BCUT2D eigenvalue weighted by molar-refractivity contribution is -0.0885. The molecule has 1 aromatic carbocycles. The van der Waals surface area contributed by atoms with Crippen LogP contribution in [-0.4, -0.2) is 20.9 Å². The fourth-order valence-electron chi connectivity index (χ4n) is 2.08. The molecule has 2 nitrogen and oxygen atoms in total. The van der Waals surface area contributed by atoms with Crippen LogP contribution < -0.4 is 5.73 Å². The van der Waals surface area contributed by atoms with Gasteiger partial charge in [-0.1, -0.05) is 36.8 Å². The average molecular weight is 285 g/mol. The normalized spacial score (nSPS) is 15.8. The highest BCUT2D eigenvalue weighted by Crippen LogP contribution is 2.33. The van der Waals surface area contributed by atoms with Crippen molar-refractivity contribution in [3.63, 3.8) is 0 Å². The maximum Gasteiger partial charge on any atom is 0.0925 e. The number of hydrogen-bond donors (Lipinski definition) is 1. The molecule has 0 aromatic heterocycles. The molecule has 0 saturated heterocycles. The second kappa shape index (κ2) is 5.74. The quantitative estimate of drug-likeness (QED) is 0.858. The summed E-state index contributed by atoms with van der Waals surface area (Å²) in [6, 6.07) is 7.86. The van der Waals surface area contributed by atoms with Gasteiger partial charge in [0.05, 0.1) is 19.6 Å². The summed E-state index contributed by atoms with van der Waals surface area (Å²) in [5, 5.41) is 0.333. The van der Waals surface area contributed by atoms with Crippen LogP contribution in [0.3, 0.4) is 0 Å². The largest absolute Gasteiger partial charge is 0.367 e. The Hall–Kier alpha value is -0.353. The van der Waals surface area contributed by atoms with Crippen LogP contribution in [0.15, 0.2) is 24.3 Å². The van der Waals surface area contributed by atoms with Gasteiger partial charge < -0.3 is 10.5 Å². The van der Waals surface area contributed by atoms with Gasteiger partial charge in [0.2, 0.25) is 0 Å². The van der Waals surface area contributed by atoms with Crippen molar-refractivity contribution in [3.05, 3.63) is 34.9 Å². The highest BCUT2D eigenvalue weighted by Gasteiger charge is 2.40. The molecule has 1 rings (SSSR count). The smallest absolute Gasteiger partial charge is 0.0925 e. The Bertz CT molecular complexity index is 403. The van der Waals surface area contributed by atoms with E-state index in [1.165, 1.54) is 0 Å². The summed E-state index contributed by atoms with van der Waals surface area (Å²) in [5.41, 5.74) is 6.91. The molecule has 0 bridgehead atoms. The number of benzene rings is 1. The van der Waals surface area contributed by atoms with E-state index < -0.39 is 14.0 Å². The predicted molar refractivity (Wildman–Crippen MR) is 80.5 cm³/mol. The summed E-state index contributed by atoms with van der Waals surface area (Å²) in [6.45, 7) is 11.1. The van der Waals surface area contributed by atoms with Crippen molar-refractivity contribution in [1.82, 2.24) is 0 Å². The van der Waals surface area contributed by atoms with Crippen LogP contribution >= 0.6 is 11.6 Å². The fraction of sp³-hybridized carbons (Fsp3) is 0.571. The molecule has 0 spiro atoms. The number of hydrogen-bond acceptors (Lipinski definition) is 2. The Morgan fingerprint density at radius 2 is 1.89 bits per heavy atom. The molecule has 0 aliphatic rings. The summed E-state index contributed by atoms with van der Waals surface area (Å²) in [5.74, 6) is 0. The molecule has 101 valence electrons. The summed E-state index contributed by atoms with van der Waals surface area (Å²) in [4.78, 5) is 0. The zero-order chi connectivity index (χ0) is 14.0. The highest BCUT2D eigenvalue weighted by molar-refractivity contribution is 6.59. The average Bonchev–Trinajstić information content (AvgIpc) is 2.24. The van der Waals surface area contributed by atoms with Crippen molar-refractivity contribution < 1.29 is 4.74 Å². The second-order valence-corrected chi connectivity index (χ2v) is 9.00. The van der Waals surface area contributed by atoms with Gasteiger partial charge in [-0.2, -0.15) is 0 Å². The minimum Gasteiger partial charge on any atom is -0.367 e. The minimum absolute atomic E-state index is 0.233. The maximum absolute atomic E-state index is 6.34. The van der Waals surface area contributed by atoms with E-state index in [0.717, 1.165) is 10.6 Å². The van der Waals surface area contributed by atoms with Gasteiger partial charge in [-0.05, 0) is 38.5 Å². The van der Waals surface area contributed by atoms with Crippen molar-refractivity contribution in [1.29, 1.82) is 0 Å². The first-order valence-corrected chi connectivity index (χ1v) is 9.06. The van der Waals surface area contributed by atoms with Gasteiger partial charge in [-0.25, -0.2) is 0 Å². The van der Waals surface area contributed by atoms with Gasteiger partial charge in [0.15, 0.2) is 0 Å². The number of nitrogens with two attached hydrogens (primary N) is 1. The van der Waals surface area contributed by atoms with Crippen LogP contribution in [0.1, 0.15) is 26.3 Å². The van der Waals surface area contributed by atoms with E-state index in [-0.39, 0.29) is 5.60 Å². The minimum atomic E-state index is -0.791. The van der Waals surface area contributed by atoms with Crippen molar-refractivity contribution >= 4 is 20.4 Å². The standard InChI is InChI=1S/C14H23ClNOSi/c1-13(2,3)17-14(10-16,18(4)5)11-7-6-8-12(15)9-11/h6-9H,10,16H2,1-5H3/t14-/m0/s1. The molecular weight excluding hydrogens is 262 g/mol. The SMILES string of the molecule is C[Si](C)[C@](CN)(OC(C)(C)C)c1cccc(Cl)c1. The monoisotopic (exact) mass is 284 g/mol. The van der Waals surface area contributed by atoms with Gasteiger partial charge in [0, 0.05) is 11.6 Å². The lowest BCUT2D eigenvalue weighted by atomic mass is 10.1. The molecule has 0 aliphatic heterocycles. The van der Waals surface area contributed by atoms with Crippen LogP contribution in [0, 0.1) is 0 Å². The molecule has 0 fully saturated rings. The third kappa shape index (κ3) is 3.57. The number of ether oxygens (including phenoxy) is 1. The first-order chi connectivity index (χ1) is 8.21. The van der Waals surface area contributed by atoms with Gasteiger partial charge in [0.25, 0.3) is 0 Å². The molecule has 2 N–H and O–H groups in total. The summed E-state index contributed by atoms with van der Waals surface area (Å²) < 4.78 is 6.34. The number of halogens is 1. The second-order valence-electron chi connectivity index (χ2n) is 5.76. The van der Waals surface area contributed by atoms with Gasteiger partial charge in [-0.15, -0.1) is 0 Å². The van der Waals surface area contributed by atoms with E-state index in [0.29, 0.717) is 6.54 Å². The fourth-order valence-corrected chi connectivity index (χ4v) is 3.92. The summed E-state index contributed by atoms with van der Waals surface area (Å²) in [6.07, 6.45) is 0. The third-order valence-electron chi connectivity index (χ3n) is 2.87. The first-order valence-electron chi connectivity index (χ1n) is 6.18. The molecule has 0 saturated carbocycles. The zero-order valence-electron chi connectivity index (χ0n) is 11.9. The van der Waals surface area contributed by atoms with Crippen LogP contribution in [0.4, 0.5) is 0 Å². The van der Waals surface area contributed by atoms with Gasteiger partial charge in [0.1, 0.15) is 0 Å². The zero-order valence-corrected chi connectivity index (χ0v) is 13.6. The molecule has 1 radical (unpaired) electrons. The van der Waals surface area contributed by atoms with Crippen molar-refractivity contribution in [2.24, 2.45) is 5.73 Å². The molecule has 0 amide bonds. The topological polar surface area (TPSA) is 35.2 Å². The van der Waals surface area contributed by atoms with E-state index >= 15 is 0 Å². The van der Waals surface area contributed by atoms with E-state index in [4.69, 9.17) is 22.1 Å². The Morgan fingerprint density at radius 3 is 2.28 bits per heavy atom. The van der Waals surface area contributed by atoms with Gasteiger partial charge in [-0.3, -0.25) is 0 Å². The summed E-state index contributed by atoms with van der Waals surface area (Å²) >= 11 is 6.10. The van der Waals surface area contributed by atoms with Gasteiger partial charge >= 0.3 is 0 Å². The van der Waals surface area contributed by atoms with Crippen molar-refractivity contribution in [2.45, 2.75) is 44.7 Å². The molecule has 0 unspecified atom stereocenters. The van der Waals surface area contributed by atoms with E-state index in [9.17, 15) is 0 Å². The van der Waals surface area contributed by atoms with E-state index in [2.05, 4.69) is 39.9 Å². The molecule has 0 aliphatic carbocycles. The van der Waals surface area contributed by atoms with Crippen molar-refractivity contribution in [2.75, 3.05) is 6.54 Å². The lowest BCUT2D eigenvalue weighted by Gasteiger charge is -2.42. The number of rotatable bonds is 4. The van der Waals surface area contributed by atoms with E-state index in [1.807, 2.05) is 18.2 Å². The third-order valence-corrected chi connectivity index (χ3v) is 5.31. The molecule has 0 heterocycles. The van der Waals surface area contributed by atoms with Crippen molar-refractivity contribution in [3.8, 4) is 0 Å². The summed E-state index contributed by atoms with van der Waals surface area (Å²) in [7, 11) is -0.791. The Kier molecular flexibility index (Phi) is 5.01. The molecular formula is C14H23ClNOSi. The van der Waals surface area contributed by atoms with Crippen LogP contribution in [0.5, 0.6) is 0 Å². The molecule has 4 heteroatoms. The molecule has 18 heavy (non-hydrogen) atoms.